The van der Waals surface area contributed by atoms with E-state index in [9.17, 15) is 9.59 Å². The molecular weight excluding hydrogens is 370 g/mol. The van der Waals surface area contributed by atoms with Gasteiger partial charge in [0.25, 0.3) is 0 Å². The topological polar surface area (TPSA) is 71.1 Å². The van der Waals surface area contributed by atoms with E-state index < -0.39 is 5.60 Å². The zero-order valence-corrected chi connectivity index (χ0v) is 17.8. The summed E-state index contributed by atoms with van der Waals surface area (Å²) in [5.74, 6) is 0.894. The number of rotatable bonds is 4. The molecule has 1 saturated carbocycles. The summed E-state index contributed by atoms with van der Waals surface area (Å²) in [6.45, 7) is 7.98. The van der Waals surface area contributed by atoms with Crippen molar-refractivity contribution in [3.05, 3.63) is 29.8 Å². The van der Waals surface area contributed by atoms with E-state index in [0.29, 0.717) is 38.8 Å². The summed E-state index contributed by atoms with van der Waals surface area (Å²) < 4.78 is 11.4. The Hall–Kier alpha value is -2.44. The predicted octanol–water partition coefficient (Wildman–Crippen LogP) is 3.77. The molecule has 1 aromatic carbocycles. The lowest BCUT2D eigenvalue weighted by Crippen LogP contribution is -2.53. The molecule has 2 aliphatic rings. The maximum atomic E-state index is 12.4. The lowest BCUT2D eigenvalue weighted by molar-refractivity contribution is 0.0170. The van der Waals surface area contributed by atoms with Crippen molar-refractivity contribution >= 4 is 12.1 Å². The fraction of sp³-hybridized carbons (Fsp3) is 0.636. The first-order valence-corrected chi connectivity index (χ1v) is 10.6. The number of carbonyl (C=O) groups is 2. The minimum atomic E-state index is -0.511. The van der Waals surface area contributed by atoms with Crippen LogP contribution in [0, 0.1) is 0 Å². The van der Waals surface area contributed by atoms with E-state index in [1.54, 1.807) is 9.80 Å². The molecule has 3 rings (SSSR count). The molecule has 1 aliphatic carbocycles. The van der Waals surface area contributed by atoms with Gasteiger partial charge in [-0.25, -0.2) is 9.59 Å². The molecule has 29 heavy (non-hydrogen) atoms. The van der Waals surface area contributed by atoms with Crippen LogP contribution in [0.15, 0.2) is 24.3 Å². The lowest BCUT2D eigenvalue weighted by atomic mass is 10.2. The monoisotopic (exact) mass is 403 g/mol. The van der Waals surface area contributed by atoms with Crippen LogP contribution in [0.1, 0.15) is 52.0 Å². The largest absolute Gasteiger partial charge is 0.490 e. The van der Waals surface area contributed by atoms with Crippen molar-refractivity contribution in [2.75, 3.05) is 26.2 Å². The summed E-state index contributed by atoms with van der Waals surface area (Å²) >= 11 is 0. The van der Waals surface area contributed by atoms with Gasteiger partial charge in [0.05, 0.1) is 6.10 Å². The van der Waals surface area contributed by atoms with Crippen molar-refractivity contribution in [3.63, 3.8) is 0 Å². The number of amides is 3. The van der Waals surface area contributed by atoms with E-state index in [4.69, 9.17) is 9.47 Å². The minimum absolute atomic E-state index is 0.111. The minimum Gasteiger partial charge on any atom is -0.490 e. The fourth-order valence-electron chi connectivity index (χ4n) is 3.59. The van der Waals surface area contributed by atoms with Crippen LogP contribution >= 0.6 is 0 Å². The Labute approximate surface area is 173 Å². The molecule has 0 unspecified atom stereocenters. The van der Waals surface area contributed by atoms with E-state index in [-0.39, 0.29) is 12.1 Å². The van der Waals surface area contributed by atoms with Crippen LogP contribution < -0.4 is 10.1 Å². The van der Waals surface area contributed by atoms with Crippen LogP contribution in [0.2, 0.25) is 0 Å². The van der Waals surface area contributed by atoms with Crippen molar-refractivity contribution in [3.8, 4) is 5.75 Å². The summed E-state index contributed by atoms with van der Waals surface area (Å²) in [4.78, 5) is 27.9. The van der Waals surface area contributed by atoms with Gasteiger partial charge in [-0.1, -0.05) is 12.1 Å². The Morgan fingerprint density at radius 1 is 1.00 bits per heavy atom. The van der Waals surface area contributed by atoms with E-state index >= 15 is 0 Å². The van der Waals surface area contributed by atoms with Gasteiger partial charge < -0.3 is 24.6 Å². The number of nitrogens with one attached hydrogen (secondary N) is 1. The number of hydrogen-bond acceptors (Lipinski definition) is 4. The molecule has 1 N–H and O–H groups in total. The second-order valence-electron chi connectivity index (χ2n) is 8.78. The standard InChI is InChI=1S/C22H33N3O4/c1-22(2,3)29-21(27)25-14-12-24(13-15-25)20(26)23-16-17-8-10-19(11-9-17)28-18-6-4-5-7-18/h8-11,18H,4-7,12-16H2,1-3H3,(H,23,26). The SMILES string of the molecule is CC(C)(C)OC(=O)N1CCN(C(=O)NCc2ccc(OC3CCCC3)cc2)CC1. The third kappa shape index (κ3) is 6.54. The molecule has 0 radical (unpaired) electrons. The summed E-state index contributed by atoms with van der Waals surface area (Å²) in [5.41, 5.74) is 0.521. The highest BCUT2D eigenvalue weighted by Gasteiger charge is 2.27. The van der Waals surface area contributed by atoms with Gasteiger partial charge in [0, 0.05) is 32.7 Å². The second kappa shape index (κ2) is 9.37. The molecule has 0 aromatic heterocycles. The van der Waals surface area contributed by atoms with Crippen molar-refractivity contribution in [1.29, 1.82) is 0 Å². The highest BCUT2D eigenvalue weighted by Crippen LogP contribution is 2.24. The third-order valence-corrected chi connectivity index (χ3v) is 5.19. The quantitative estimate of drug-likeness (QED) is 0.831. The fourth-order valence-corrected chi connectivity index (χ4v) is 3.59. The van der Waals surface area contributed by atoms with Gasteiger partial charge in [-0.15, -0.1) is 0 Å². The number of nitrogens with zero attached hydrogens (tertiary/aromatic N) is 2. The highest BCUT2D eigenvalue weighted by atomic mass is 16.6. The molecule has 1 aromatic rings. The van der Waals surface area contributed by atoms with Crippen molar-refractivity contribution in [2.24, 2.45) is 0 Å². The van der Waals surface area contributed by atoms with Gasteiger partial charge in [0.15, 0.2) is 0 Å². The highest BCUT2D eigenvalue weighted by molar-refractivity contribution is 5.75. The molecule has 0 atom stereocenters. The molecule has 2 fully saturated rings. The molecule has 0 bridgehead atoms. The van der Waals surface area contributed by atoms with Gasteiger partial charge >= 0.3 is 12.1 Å². The molecule has 1 heterocycles. The molecule has 1 saturated heterocycles. The van der Waals surface area contributed by atoms with E-state index in [1.165, 1.54) is 12.8 Å². The first-order chi connectivity index (χ1) is 13.8. The summed E-state index contributed by atoms with van der Waals surface area (Å²) in [6, 6.07) is 7.81. The number of piperazine rings is 1. The second-order valence-corrected chi connectivity index (χ2v) is 8.78. The maximum Gasteiger partial charge on any atom is 0.410 e. The van der Waals surface area contributed by atoms with Gasteiger partial charge in [0.2, 0.25) is 0 Å². The van der Waals surface area contributed by atoms with Gasteiger partial charge in [-0.05, 0) is 64.2 Å². The normalized spacial score (nSPS) is 17.9. The summed E-state index contributed by atoms with van der Waals surface area (Å²) in [5, 5.41) is 2.96. The van der Waals surface area contributed by atoms with E-state index in [2.05, 4.69) is 5.32 Å². The average molecular weight is 404 g/mol. The Balaban J connectivity index is 1.39. The van der Waals surface area contributed by atoms with Crippen LogP contribution in [-0.4, -0.2) is 59.8 Å². The van der Waals surface area contributed by atoms with Crippen LogP contribution in [0.25, 0.3) is 0 Å². The molecule has 160 valence electrons. The smallest absolute Gasteiger partial charge is 0.410 e. The number of carbonyl (C=O) groups excluding carboxylic acids is 2. The zero-order chi connectivity index (χ0) is 20.9. The third-order valence-electron chi connectivity index (χ3n) is 5.19. The van der Waals surface area contributed by atoms with Gasteiger partial charge in [-0.2, -0.15) is 0 Å². The van der Waals surface area contributed by atoms with Crippen LogP contribution in [0.5, 0.6) is 5.75 Å². The lowest BCUT2D eigenvalue weighted by Gasteiger charge is -2.35. The predicted molar refractivity (Wildman–Crippen MR) is 111 cm³/mol. The average Bonchev–Trinajstić information content (AvgIpc) is 3.19. The van der Waals surface area contributed by atoms with Gasteiger partial charge in [-0.3, -0.25) is 0 Å². The van der Waals surface area contributed by atoms with Crippen LogP contribution in [0.4, 0.5) is 9.59 Å². The number of hydrogen-bond donors (Lipinski definition) is 1. The van der Waals surface area contributed by atoms with Crippen LogP contribution in [-0.2, 0) is 11.3 Å². The van der Waals surface area contributed by atoms with Crippen LogP contribution in [0.3, 0.4) is 0 Å². The first-order valence-electron chi connectivity index (χ1n) is 10.6. The van der Waals surface area contributed by atoms with E-state index in [0.717, 1.165) is 24.2 Å². The summed E-state index contributed by atoms with van der Waals surface area (Å²) in [7, 11) is 0. The van der Waals surface area contributed by atoms with Crippen molar-refractivity contribution < 1.29 is 19.1 Å². The number of benzene rings is 1. The van der Waals surface area contributed by atoms with E-state index in [1.807, 2.05) is 45.0 Å². The first kappa shape index (κ1) is 21.3. The van der Waals surface area contributed by atoms with Gasteiger partial charge in [0.1, 0.15) is 11.4 Å². The van der Waals surface area contributed by atoms with Crippen molar-refractivity contribution in [1.82, 2.24) is 15.1 Å². The molecule has 3 amide bonds. The number of urea groups is 1. The Morgan fingerprint density at radius 2 is 1.59 bits per heavy atom. The number of ether oxygens (including phenoxy) is 2. The van der Waals surface area contributed by atoms with Crippen molar-refractivity contribution in [2.45, 2.75) is 64.7 Å². The summed E-state index contributed by atoms with van der Waals surface area (Å²) in [6.07, 6.45) is 4.80. The zero-order valence-electron chi connectivity index (χ0n) is 17.8. The Morgan fingerprint density at radius 3 is 2.17 bits per heavy atom. The molecule has 0 spiro atoms. The Bertz CT molecular complexity index is 685. The molecule has 1 aliphatic heterocycles. The molecule has 7 nitrogen and oxygen atoms in total. The molecular formula is C22H33N3O4. The maximum absolute atomic E-state index is 12.4. The molecule has 7 heteroatoms. The Kier molecular flexibility index (Phi) is 6.87.